The zero-order chi connectivity index (χ0) is 24.2. The molecule has 1 aliphatic rings. The number of rotatable bonds is 10. The van der Waals surface area contributed by atoms with Gasteiger partial charge in [0.05, 0.1) is 38.1 Å². The number of Topliss-reactive ketones (excluding diaryl/α,β-unsaturated/α-hetero) is 1. The summed E-state index contributed by atoms with van der Waals surface area (Å²) in [6.45, 7) is 4.40. The quantitative estimate of drug-likeness (QED) is 0.326. The van der Waals surface area contributed by atoms with Crippen LogP contribution in [0, 0.1) is 6.92 Å². The van der Waals surface area contributed by atoms with Gasteiger partial charge >= 0.3 is 0 Å². The third kappa shape index (κ3) is 4.44. The summed E-state index contributed by atoms with van der Waals surface area (Å²) in [5.74, 6) is 0.284. The van der Waals surface area contributed by atoms with Crippen molar-refractivity contribution in [2.24, 2.45) is 0 Å². The molecule has 1 atom stereocenters. The molecule has 8 heteroatoms. The molecule has 3 aromatic rings. The SMILES string of the molecule is CCCCOc1ccc(C2C(C(=O)c3ccc(C)o3)=C(O)C(=O)N2Cc2ccco2)cc1OC. The second kappa shape index (κ2) is 9.91. The molecule has 1 N–H and O–H groups in total. The molecule has 2 aromatic heterocycles. The predicted octanol–water partition coefficient (Wildman–Crippen LogP) is 5.15. The van der Waals surface area contributed by atoms with Gasteiger partial charge in [0.25, 0.3) is 5.91 Å². The van der Waals surface area contributed by atoms with E-state index in [0.717, 1.165) is 12.8 Å². The summed E-state index contributed by atoms with van der Waals surface area (Å²) >= 11 is 0. The molecule has 0 spiro atoms. The van der Waals surface area contributed by atoms with Crippen LogP contribution in [0.4, 0.5) is 0 Å². The number of carbonyl (C=O) groups is 2. The van der Waals surface area contributed by atoms with E-state index in [4.69, 9.17) is 18.3 Å². The molecule has 0 radical (unpaired) electrons. The summed E-state index contributed by atoms with van der Waals surface area (Å²) in [4.78, 5) is 27.9. The lowest BCUT2D eigenvalue weighted by molar-refractivity contribution is -0.130. The molecular weight excluding hydrogens is 438 g/mol. The second-order valence-corrected chi connectivity index (χ2v) is 8.03. The van der Waals surface area contributed by atoms with Crippen molar-refractivity contribution in [3.63, 3.8) is 0 Å². The van der Waals surface area contributed by atoms with Crippen LogP contribution in [-0.4, -0.2) is 35.4 Å². The Bertz CT molecular complexity index is 1210. The molecule has 8 nitrogen and oxygen atoms in total. The third-order valence-corrected chi connectivity index (χ3v) is 5.68. The number of aliphatic hydroxyl groups excluding tert-OH is 1. The Hall–Kier alpha value is -3.94. The van der Waals surface area contributed by atoms with Gasteiger partial charge in [0.2, 0.25) is 5.78 Å². The van der Waals surface area contributed by atoms with Gasteiger partial charge in [-0.2, -0.15) is 0 Å². The van der Waals surface area contributed by atoms with Gasteiger partial charge in [-0.15, -0.1) is 0 Å². The van der Waals surface area contributed by atoms with Crippen LogP contribution in [0.15, 0.2) is 68.9 Å². The van der Waals surface area contributed by atoms with Crippen LogP contribution in [0.5, 0.6) is 11.5 Å². The number of carbonyl (C=O) groups excluding carboxylic acids is 2. The largest absolute Gasteiger partial charge is 0.503 e. The Morgan fingerprint density at radius 1 is 1.18 bits per heavy atom. The number of furan rings is 2. The number of methoxy groups -OCH3 is 1. The highest BCUT2D eigenvalue weighted by molar-refractivity contribution is 6.15. The minimum Gasteiger partial charge on any atom is -0.503 e. The molecule has 4 rings (SSSR count). The van der Waals surface area contributed by atoms with Gasteiger partial charge in [-0.05, 0) is 55.3 Å². The van der Waals surface area contributed by atoms with Gasteiger partial charge in [-0.3, -0.25) is 9.59 Å². The number of unbranched alkanes of at least 4 members (excludes halogenated alkanes) is 1. The molecule has 0 saturated heterocycles. The van der Waals surface area contributed by atoms with Crippen molar-refractivity contribution in [3.8, 4) is 11.5 Å². The topological polar surface area (TPSA) is 102 Å². The van der Waals surface area contributed by atoms with Gasteiger partial charge in [-0.25, -0.2) is 0 Å². The molecule has 0 fully saturated rings. The summed E-state index contributed by atoms with van der Waals surface area (Å²) in [7, 11) is 1.53. The van der Waals surface area contributed by atoms with E-state index in [0.29, 0.717) is 35.2 Å². The van der Waals surface area contributed by atoms with E-state index in [-0.39, 0.29) is 17.9 Å². The summed E-state index contributed by atoms with van der Waals surface area (Å²) in [5.41, 5.74) is 0.517. The zero-order valence-electron chi connectivity index (χ0n) is 19.4. The lowest BCUT2D eigenvalue weighted by Crippen LogP contribution is -2.30. The van der Waals surface area contributed by atoms with Crippen molar-refractivity contribution < 1.29 is 33.0 Å². The van der Waals surface area contributed by atoms with E-state index < -0.39 is 23.5 Å². The normalized spacial score (nSPS) is 15.8. The van der Waals surface area contributed by atoms with E-state index in [1.165, 1.54) is 24.3 Å². The third-order valence-electron chi connectivity index (χ3n) is 5.68. The maximum Gasteiger partial charge on any atom is 0.290 e. The fraction of sp³-hybridized carbons (Fsp3) is 0.308. The summed E-state index contributed by atoms with van der Waals surface area (Å²) < 4.78 is 22.3. The van der Waals surface area contributed by atoms with Crippen LogP contribution < -0.4 is 9.47 Å². The zero-order valence-corrected chi connectivity index (χ0v) is 19.4. The fourth-order valence-corrected chi connectivity index (χ4v) is 3.95. The first-order chi connectivity index (χ1) is 16.4. The van der Waals surface area contributed by atoms with Crippen molar-refractivity contribution in [2.75, 3.05) is 13.7 Å². The van der Waals surface area contributed by atoms with Crippen molar-refractivity contribution in [1.29, 1.82) is 0 Å². The molecule has 1 aromatic carbocycles. The number of aliphatic hydroxyl groups is 1. The molecular formula is C26H27NO7. The van der Waals surface area contributed by atoms with Gasteiger partial charge in [0.15, 0.2) is 23.0 Å². The highest BCUT2D eigenvalue weighted by Gasteiger charge is 2.45. The van der Waals surface area contributed by atoms with Crippen LogP contribution >= 0.6 is 0 Å². The van der Waals surface area contributed by atoms with Crippen molar-refractivity contribution >= 4 is 11.7 Å². The molecule has 0 saturated carbocycles. The number of benzene rings is 1. The molecule has 3 heterocycles. The van der Waals surface area contributed by atoms with Gasteiger partial charge in [0.1, 0.15) is 11.5 Å². The van der Waals surface area contributed by atoms with Crippen molar-refractivity contribution in [3.05, 3.63) is 82.9 Å². The van der Waals surface area contributed by atoms with E-state index in [1.54, 1.807) is 43.3 Å². The first kappa shape index (κ1) is 23.2. The Balaban J connectivity index is 1.76. The number of amides is 1. The monoisotopic (exact) mass is 465 g/mol. The molecule has 1 aliphatic heterocycles. The van der Waals surface area contributed by atoms with E-state index in [9.17, 15) is 14.7 Å². The predicted molar refractivity (Wildman–Crippen MR) is 123 cm³/mol. The minimum atomic E-state index is -0.880. The summed E-state index contributed by atoms with van der Waals surface area (Å²) in [6, 6.07) is 11.0. The number of hydrogen-bond donors (Lipinski definition) is 1. The van der Waals surface area contributed by atoms with Crippen molar-refractivity contribution in [1.82, 2.24) is 4.90 Å². The number of ketones is 1. The smallest absolute Gasteiger partial charge is 0.290 e. The molecule has 1 unspecified atom stereocenters. The van der Waals surface area contributed by atoms with Crippen LogP contribution in [0.3, 0.4) is 0 Å². The number of ether oxygens (including phenoxy) is 2. The fourth-order valence-electron chi connectivity index (χ4n) is 3.95. The average Bonchev–Trinajstić information content (AvgIpc) is 3.56. The first-order valence-corrected chi connectivity index (χ1v) is 11.1. The van der Waals surface area contributed by atoms with Crippen molar-refractivity contribution in [2.45, 2.75) is 39.3 Å². The van der Waals surface area contributed by atoms with Crippen LogP contribution in [0.25, 0.3) is 0 Å². The van der Waals surface area contributed by atoms with E-state index in [2.05, 4.69) is 6.92 Å². The number of aryl methyl sites for hydroxylation is 1. The average molecular weight is 466 g/mol. The standard InChI is InChI=1S/C26H27NO7/c1-4-5-12-33-19-11-9-17(14-21(19)31-3)23-22(24(28)20-10-8-16(2)34-20)25(29)26(30)27(23)15-18-7-6-13-32-18/h6-11,13-14,23,29H,4-5,12,15H2,1-3H3. The summed E-state index contributed by atoms with van der Waals surface area (Å²) in [5, 5.41) is 10.8. The van der Waals surface area contributed by atoms with Gasteiger partial charge < -0.3 is 28.3 Å². The Morgan fingerprint density at radius 3 is 2.65 bits per heavy atom. The maximum absolute atomic E-state index is 13.4. The molecule has 1 amide bonds. The number of hydrogen-bond acceptors (Lipinski definition) is 7. The second-order valence-electron chi connectivity index (χ2n) is 8.03. The van der Waals surface area contributed by atoms with E-state index in [1.807, 2.05) is 0 Å². The molecule has 178 valence electrons. The minimum absolute atomic E-state index is 0.0446. The Morgan fingerprint density at radius 2 is 2.00 bits per heavy atom. The molecule has 34 heavy (non-hydrogen) atoms. The highest BCUT2D eigenvalue weighted by atomic mass is 16.5. The lowest BCUT2D eigenvalue weighted by atomic mass is 9.94. The number of nitrogens with zero attached hydrogens (tertiary/aromatic N) is 1. The van der Waals surface area contributed by atoms with Gasteiger partial charge in [0, 0.05) is 0 Å². The van der Waals surface area contributed by atoms with Crippen LogP contribution in [0.1, 0.15) is 53.4 Å². The molecule has 0 aliphatic carbocycles. The Kier molecular flexibility index (Phi) is 6.77. The first-order valence-electron chi connectivity index (χ1n) is 11.1. The van der Waals surface area contributed by atoms with Gasteiger partial charge in [-0.1, -0.05) is 19.4 Å². The summed E-state index contributed by atoms with van der Waals surface area (Å²) in [6.07, 6.45) is 3.40. The van der Waals surface area contributed by atoms with E-state index >= 15 is 0 Å². The maximum atomic E-state index is 13.4. The van der Waals surface area contributed by atoms with Crippen LogP contribution in [-0.2, 0) is 11.3 Å². The van der Waals surface area contributed by atoms with Crippen LogP contribution in [0.2, 0.25) is 0 Å². The highest BCUT2D eigenvalue weighted by Crippen LogP contribution is 2.42. The molecule has 0 bridgehead atoms. The lowest BCUT2D eigenvalue weighted by Gasteiger charge is -2.26. The Labute approximate surface area is 197 Å².